The summed E-state index contributed by atoms with van der Waals surface area (Å²) in [5, 5.41) is 0. The summed E-state index contributed by atoms with van der Waals surface area (Å²) in [6, 6.07) is 3.61. The average Bonchev–Trinajstić information content (AvgIpc) is 2.37. The Hall–Kier alpha value is -1.18. The fourth-order valence-electron chi connectivity index (χ4n) is 2.27. The van der Waals surface area contributed by atoms with Gasteiger partial charge in [-0.3, -0.25) is 4.90 Å². The van der Waals surface area contributed by atoms with Crippen LogP contribution in [0.4, 0.5) is 10.1 Å². The smallest absolute Gasteiger partial charge is 0.183 e. The molecule has 0 radical (unpaired) electrons. The standard InChI is InChI=1S/C13H19FN2O3S/c1-2-16-5-6-19-11(8-16)9-20(17,18)13-4-3-10(15)7-12(13)14/h3-4,7,11H,2,5-6,8-9,15H2,1H3. The number of anilines is 1. The molecule has 1 heterocycles. The number of ether oxygens (including phenoxy) is 1. The molecule has 0 aromatic heterocycles. The van der Waals surface area contributed by atoms with Crippen LogP contribution in [0.5, 0.6) is 0 Å². The van der Waals surface area contributed by atoms with E-state index in [9.17, 15) is 12.8 Å². The lowest BCUT2D eigenvalue weighted by atomic mass is 10.3. The van der Waals surface area contributed by atoms with Crippen molar-refractivity contribution in [2.45, 2.75) is 17.9 Å². The lowest BCUT2D eigenvalue weighted by Crippen LogP contribution is -2.45. The average molecular weight is 302 g/mol. The Morgan fingerprint density at radius 2 is 2.25 bits per heavy atom. The van der Waals surface area contributed by atoms with Crippen molar-refractivity contribution >= 4 is 15.5 Å². The molecule has 1 unspecified atom stereocenters. The molecule has 1 aliphatic heterocycles. The van der Waals surface area contributed by atoms with E-state index in [0.717, 1.165) is 19.2 Å². The summed E-state index contributed by atoms with van der Waals surface area (Å²) < 4.78 is 43.7. The van der Waals surface area contributed by atoms with Crippen molar-refractivity contribution < 1.29 is 17.5 Å². The minimum Gasteiger partial charge on any atom is -0.399 e. The predicted molar refractivity (Wildman–Crippen MR) is 74.7 cm³/mol. The van der Waals surface area contributed by atoms with Crippen molar-refractivity contribution in [2.75, 3.05) is 37.7 Å². The van der Waals surface area contributed by atoms with E-state index in [1.165, 1.54) is 12.1 Å². The zero-order valence-corrected chi connectivity index (χ0v) is 12.2. The van der Waals surface area contributed by atoms with E-state index >= 15 is 0 Å². The van der Waals surface area contributed by atoms with E-state index in [2.05, 4.69) is 4.90 Å². The van der Waals surface area contributed by atoms with Crippen molar-refractivity contribution in [3.63, 3.8) is 0 Å². The maximum atomic E-state index is 13.7. The van der Waals surface area contributed by atoms with Gasteiger partial charge in [0.05, 0.1) is 18.5 Å². The summed E-state index contributed by atoms with van der Waals surface area (Å²) in [4.78, 5) is 1.80. The Morgan fingerprint density at radius 3 is 2.90 bits per heavy atom. The van der Waals surface area contributed by atoms with Crippen molar-refractivity contribution in [1.82, 2.24) is 4.90 Å². The first-order chi connectivity index (χ1) is 9.42. The van der Waals surface area contributed by atoms with Crippen molar-refractivity contribution in [3.8, 4) is 0 Å². The van der Waals surface area contributed by atoms with Crippen molar-refractivity contribution in [2.24, 2.45) is 0 Å². The molecule has 0 saturated carbocycles. The fourth-order valence-corrected chi connectivity index (χ4v) is 3.77. The molecule has 1 atom stereocenters. The monoisotopic (exact) mass is 302 g/mol. The molecule has 0 amide bonds. The van der Waals surface area contributed by atoms with Crippen LogP contribution in [0.3, 0.4) is 0 Å². The third kappa shape index (κ3) is 3.47. The molecule has 1 aromatic rings. The second-order valence-corrected chi connectivity index (χ2v) is 6.86. The number of morpholine rings is 1. The van der Waals surface area contributed by atoms with Crippen LogP contribution >= 0.6 is 0 Å². The minimum absolute atomic E-state index is 0.201. The summed E-state index contributed by atoms with van der Waals surface area (Å²) >= 11 is 0. The Labute approximate surface area is 118 Å². The van der Waals surface area contributed by atoms with Gasteiger partial charge in [-0.25, -0.2) is 12.8 Å². The Kier molecular flexibility index (Phi) is 4.62. The molecule has 1 aromatic carbocycles. The Bertz CT molecular complexity index is 577. The number of nitrogens with zero attached hydrogens (tertiary/aromatic N) is 1. The molecule has 5 nitrogen and oxygen atoms in total. The highest BCUT2D eigenvalue weighted by Crippen LogP contribution is 2.20. The van der Waals surface area contributed by atoms with Crippen LogP contribution in [0, 0.1) is 5.82 Å². The number of nitrogen functional groups attached to an aromatic ring is 1. The van der Waals surface area contributed by atoms with E-state index in [1.54, 1.807) is 0 Å². The molecule has 7 heteroatoms. The second kappa shape index (κ2) is 6.07. The van der Waals surface area contributed by atoms with E-state index in [-0.39, 0.29) is 16.3 Å². The topological polar surface area (TPSA) is 72.6 Å². The van der Waals surface area contributed by atoms with Crippen LogP contribution < -0.4 is 5.73 Å². The number of sulfone groups is 1. The summed E-state index contributed by atoms with van der Waals surface area (Å²) in [7, 11) is -3.72. The van der Waals surface area contributed by atoms with Gasteiger partial charge < -0.3 is 10.5 Å². The van der Waals surface area contributed by atoms with Gasteiger partial charge in [0.1, 0.15) is 10.7 Å². The number of likely N-dealkylation sites (N-methyl/N-ethyl adjacent to an activating group) is 1. The SMILES string of the molecule is CCN1CCOC(CS(=O)(=O)c2ccc(N)cc2F)C1. The van der Waals surface area contributed by atoms with Crippen molar-refractivity contribution in [3.05, 3.63) is 24.0 Å². The van der Waals surface area contributed by atoms with Gasteiger partial charge >= 0.3 is 0 Å². The number of hydrogen-bond acceptors (Lipinski definition) is 5. The number of nitrogens with two attached hydrogens (primary N) is 1. The molecule has 0 bridgehead atoms. The van der Waals surface area contributed by atoms with E-state index in [4.69, 9.17) is 10.5 Å². The van der Waals surface area contributed by atoms with E-state index < -0.39 is 21.8 Å². The van der Waals surface area contributed by atoms with Crippen LogP contribution in [-0.2, 0) is 14.6 Å². The first-order valence-electron chi connectivity index (χ1n) is 6.54. The molecule has 1 fully saturated rings. The highest BCUT2D eigenvalue weighted by molar-refractivity contribution is 7.91. The molecule has 112 valence electrons. The lowest BCUT2D eigenvalue weighted by molar-refractivity contribution is -0.0145. The molecule has 0 spiro atoms. The zero-order valence-electron chi connectivity index (χ0n) is 11.4. The fraction of sp³-hybridized carbons (Fsp3) is 0.538. The first-order valence-corrected chi connectivity index (χ1v) is 8.19. The van der Waals surface area contributed by atoms with Crippen LogP contribution in [0.25, 0.3) is 0 Å². The molecular weight excluding hydrogens is 283 g/mol. The largest absolute Gasteiger partial charge is 0.399 e. The van der Waals surface area contributed by atoms with Gasteiger partial charge in [-0.15, -0.1) is 0 Å². The van der Waals surface area contributed by atoms with Gasteiger partial charge in [-0.1, -0.05) is 6.92 Å². The quantitative estimate of drug-likeness (QED) is 0.837. The van der Waals surface area contributed by atoms with Gasteiger partial charge in [-0.05, 0) is 24.7 Å². The predicted octanol–water partition coefficient (Wildman–Crippen LogP) is 0.902. The number of halogens is 1. The van der Waals surface area contributed by atoms with Gasteiger partial charge in [0.15, 0.2) is 9.84 Å². The number of hydrogen-bond donors (Lipinski definition) is 1. The third-order valence-corrected chi connectivity index (χ3v) is 5.18. The summed E-state index contributed by atoms with van der Waals surface area (Å²) in [6.07, 6.45) is -0.425. The molecule has 20 heavy (non-hydrogen) atoms. The summed E-state index contributed by atoms with van der Waals surface area (Å²) in [5.41, 5.74) is 5.63. The molecule has 1 aliphatic rings. The normalized spacial score (nSPS) is 21.0. The first kappa shape index (κ1) is 15.2. The molecule has 0 aliphatic carbocycles. The van der Waals surface area contributed by atoms with Crippen LogP contribution in [0.2, 0.25) is 0 Å². The lowest BCUT2D eigenvalue weighted by Gasteiger charge is -2.31. The van der Waals surface area contributed by atoms with Crippen LogP contribution in [0.15, 0.2) is 23.1 Å². The zero-order chi connectivity index (χ0) is 14.8. The number of rotatable bonds is 4. The van der Waals surface area contributed by atoms with Crippen LogP contribution in [-0.4, -0.2) is 51.4 Å². The summed E-state index contributed by atoms with van der Waals surface area (Å²) in [5.74, 6) is -1.03. The van der Waals surface area contributed by atoms with Gasteiger partial charge in [0, 0.05) is 18.8 Å². The highest BCUT2D eigenvalue weighted by Gasteiger charge is 2.28. The molecule has 1 saturated heterocycles. The van der Waals surface area contributed by atoms with Gasteiger partial charge in [-0.2, -0.15) is 0 Å². The number of benzene rings is 1. The van der Waals surface area contributed by atoms with Gasteiger partial charge in [0.2, 0.25) is 0 Å². The summed E-state index contributed by atoms with van der Waals surface area (Å²) in [6.45, 7) is 4.69. The maximum Gasteiger partial charge on any atom is 0.183 e. The van der Waals surface area contributed by atoms with Gasteiger partial charge in [0.25, 0.3) is 0 Å². The Balaban J connectivity index is 2.14. The maximum absolute atomic E-state index is 13.7. The molecule has 2 rings (SSSR count). The second-order valence-electron chi connectivity index (χ2n) is 4.86. The van der Waals surface area contributed by atoms with E-state index in [0.29, 0.717) is 13.2 Å². The molecular formula is C13H19FN2O3S. The minimum atomic E-state index is -3.72. The Morgan fingerprint density at radius 1 is 1.50 bits per heavy atom. The van der Waals surface area contributed by atoms with Crippen LogP contribution in [0.1, 0.15) is 6.92 Å². The van der Waals surface area contributed by atoms with Crippen molar-refractivity contribution in [1.29, 1.82) is 0 Å². The van der Waals surface area contributed by atoms with E-state index in [1.807, 2.05) is 6.92 Å². The third-order valence-electron chi connectivity index (χ3n) is 3.37. The molecule has 2 N–H and O–H groups in total. The highest BCUT2D eigenvalue weighted by atomic mass is 32.2.